The van der Waals surface area contributed by atoms with Crippen LogP contribution in [-0.2, 0) is 4.84 Å². The zero-order valence-corrected chi connectivity index (χ0v) is 11.5. The Hall–Kier alpha value is -2.06. The van der Waals surface area contributed by atoms with Gasteiger partial charge in [0, 0.05) is 5.56 Å². The topological polar surface area (TPSA) is 12.5 Å². The van der Waals surface area contributed by atoms with E-state index in [1.54, 1.807) is 6.08 Å². The molecule has 0 unspecified atom stereocenters. The summed E-state index contributed by atoms with van der Waals surface area (Å²) in [6.07, 6.45) is 3.90. The van der Waals surface area contributed by atoms with Gasteiger partial charge in [0.25, 0.3) is 0 Å². The van der Waals surface area contributed by atoms with E-state index < -0.39 is 0 Å². The molecule has 0 radical (unpaired) electrons. The van der Waals surface area contributed by atoms with E-state index in [0.29, 0.717) is 6.61 Å². The molecule has 1 aliphatic rings. The highest BCUT2D eigenvalue weighted by atomic mass is 16.7. The average Bonchev–Trinajstić information content (AvgIpc) is 2.44. The maximum atomic E-state index is 5.75. The molecule has 1 heterocycles. The molecule has 0 fully saturated rings. The molecule has 0 aromatic heterocycles. The third kappa shape index (κ3) is 2.54. The first-order valence-electron chi connectivity index (χ1n) is 6.41. The van der Waals surface area contributed by atoms with Crippen LogP contribution in [0.1, 0.15) is 19.4 Å². The van der Waals surface area contributed by atoms with Crippen molar-refractivity contribution in [3.8, 4) is 0 Å². The lowest BCUT2D eigenvalue weighted by Crippen LogP contribution is -2.25. The molecular formula is C17H19NO. The Morgan fingerprint density at radius 3 is 2.53 bits per heavy atom. The van der Waals surface area contributed by atoms with Crippen LogP contribution < -0.4 is 0 Å². The summed E-state index contributed by atoms with van der Waals surface area (Å²) in [5.74, 6) is 0. The molecule has 2 heteroatoms. The second-order valence-corrected chi connectivity index (χ2v) is 4.36. The summed E-state index contributed by atoms with van der Waals surface area (Å²) in [4.78, 5) is 5.75. The number of nitrogens with zero attached hydrogens (tertiary/aromatic N) is 1. The Morgan fingerprint density at radius 1 is 1.26 bits per heavy atom. The van der Waals surface area contributed by atoms with Gasteiger partial charge in [0.15, 0.2) is 0 Å². The van der Waals surface area contributed by atoms with E-state index in [4.69, 9.17) is 4.84 Å². The van der Waals surface area contributed by atoms with Crippen molar-refractivity contribution in [2.24, 2.45) is 0 Å². The Labute approximate surface area is 115 Å². The minimum absolute atomic E-state index is 0.590. The van der Waals surface area contributed by atoms with Crippen molar-refractivity contribution in [3.63, 3.8) is 0 Å². The lowest BCUT2D eigenvalue weighted by Gasteiger charge is -2.32. The number of hydroxylamine groups is 2. The number of benzene rings is 1. The van der Waals surface area contributed by atoms with Gasteiger partial charge in [-0.25, -0.2) is 5.06 Å². The van der Waals surface area contributed by atoms with Gasteiger partial charge in [-0.05, 0) is 31.1 Å². The number of hydrogen-bond donors (Lipinski definition) is 0. The van der Waals surface area contributed by atoms with Gasteiger partial charge in [-0.3, -0.25) is 4.84 Å². The molecule has 1 aromatic rings. The summed E-state index contributed by atoms with van der Waals surface area (Å²) >= 11 is 0. The van der Waals surface area contributed by atoms with Crippen molar-refractivity contribution in [1.29, 1.82) is 0 Å². The average molecular weight is 253 g/mol. The van der Waals surface area contributed by atoms with Crippen LogP contribution in [0.15, 0.2) is 72.5 Å². The van der Waals surface area contributed by atoms with E-state index in [9.17, 15) is 0 Å². The fraction of sp³-hybridized carbons (Fsp3) is 0.176. The van der Waals surface area contributed by atoms with Gasteiger partial charge in [-0.2, -0.15) is 0 Å². The third-order valence-electron chi connectivity index (χ3n) is 3.05. The molecule has 2 rings (SSSR count). The first kappa shape index (κ1) is 13.4. The van der Waals surface area contributed by atoms with Crippen LogP contribution in [0, 0.1) is 0 Å². The zero-order valence-electron chi connectivity index (χ0n) is 11.5. The second kappa shape index (κ2) is 5.72. The molecular weight excluding hydrogens is 234 g/mol. The molecule has 0 aliphatic carbocycles. The number of hydrogen-bond acceptors (Lipinski definition) is 2. The molecule has 0 N–H and O–H groups in total. The highest BCUT2D eigenvalue weighted by molar-refractivity contribution is 5.74. The van der Waals surface area contributed by atoms with Gasteiger partial charge in [0.1, 0.15) is 0 Å². The molecule has 0 bridgehead atoms. The quantitative estimate of drug-likeness (QED) is 0.792. The Bertz CT molecular complexity index is 552. The normalized spacial score (nSPS) is 15.6. The summed E-state index contributed by atoms with van der Waals surface area (Å²) < 4.78 is 0. The van der Waals surface area contributed by atoms with E-state index in [2.05, 4.69) is 38.3 Å². The predicted octanol–water partition coefficient (Wildman–Crippen LogP) is 4.31. The summed E-state index contributed by atoms with van der Waals surface area (Å²) in [7, 11) is 0. The van der Waals surface area contributed by atoms with Gasteiger partial charge < -0.3 is 0 Å². The minimum atomic E-state index is 0.590. The molecule has 0 saturated heterocycles. The SMILES string of the molecule is C=CC1=CC(C)=C(c2ccccc2)N(OCC)C1=C. The lowest BCUT2D eigenvalue weighted by atomic mass is 9.99. The molecule has 1 aliphatic heterocycles. The first-order chi connectivity index (χ1) is 9.19. The number of rotatable bonds is 4. The van der Waals surface area contributed by atoms with Crippen molar-refractivity contribution < 1.29 is 4.84 Å². The Kier molecular flexibility index (Phi) is 4.03. The zero-order chi connectivity index (χ0) is 13.8. The van der Waals surface area contributed by atoms with Gasteiger partial charge in [0.2, 0.25) is 0 Å². The molecule has 0 amide bonds. The molecule has 0 spiro atoms. The van der Waals surface area contributed by atoms with Gasteiger partial charge >= 0.3 is 0 Å². The van der Waals surface area contributed by atoms with Crippen LogP contribution in [0.5, 0.6) is 0 Å². The smallest absolute Gasteiger partial charge is 0.0797 e. The number of allylic oxidation sites excluding steroid dienone is 3. The summed E-state index contributed by atoms with van der Waals surface area (Å²) in [6.45, 7) is 12.6. The molecule has 19 heavy (non-hydrogen) atoms. The van der Waals surface area contributed by atoms with Crippen LogP contribution in [0.25, 0.3) is 5.70 Å². The molecule has 1 aromatic carbocycles. The fourth-order valence-corrected chi connectivity index (χ4v) is 2.19. The lowest BCUT2D eigenvalue weighted by molar-refractivity contribution is -0.0736. The van der Waals surface area contributed by atoms with Crippen molar-refractivity contribution in [1.82, 2.24) is 5.06 Å². The minimum Gasteiger partial charge on any atom is -0.269 e. The third-order valence-corrected chi connectivity index (χ3v) is 3.05. The summed E-state index contributed by atoms with van der Waals surface area (Å²) in [5, 5.41) is 1.81. The second-order valence-electron chi connectivity index (χ2n) is 4.36. The largest absolute Gasteiger partial charge is 0.269 e. The van der Waals surface area contributed by atoms with E-state index >= 15 is 0 Å². The fourth-order valence-electron chi connectivity index (χ4n) is 2.19. The monoisotopic (exact) mass is 253 g/mol. The molecule has 0 atom stereocenters. The van der Waals surface area contributed by atoms with Gasteiger partial charge in [-0.1, -0.05) is 49.6 Å². The maximum absolute atomic E-state index is 5.75. The van der Waals surface area contributed by atoms with Crippen molar-refractivity contribution in [2.75, 3.05) is 6.61 Å². The standard InChI is InChI=1S/C17H19NO/c1-5-15-12-13(3)17(16-10-8-7-9-11-16)18(14(15)4)19-6-2/h5,7-12H,1,4,6H2,2-3H3. The summed E-state index contributed by atoms with van der Waals surface area (Å²) in [6, 6.07) is 10.2. The van der Waals surface area contributed by atoms with Crippen molar-refractivity contribution in [3.05, 3.63) is 78.0 Å². The van der Waals surface area contributed by atoms with Gasteiger partial charge in [-0.15, -0.1) is 0 Å². The molecule has 98 valence electrons. The Morgan fingerprint density at radius 2 is 1.95 bits per heavy atom. The first-order valence-corrected chi connectivity index (χ1v) is 6.41. The van der Waals surface area contributed by atoms with E-state index in [-0.39, 0.29) is 0 Å². The van der Waals surface area contributed by atoms with Gasteiger partial charge in [0.05, 0.1) is 18.0 Å². The van der Waals surface area contributed by atoms with Crippen molar-refractivity contribution >= 4 is 5.70 Å². The van der Waals surface area contributed by atoms with E-state index in [0.717, 1.165) is 28.1 Å². The van der Waals surface area contributed by atoms with Crippen LogP contribution >= 0.6 is 0 Å². The maximum Gasteiger partial charge on any atom is 0.0797 e. The summed E-state index contributed by atoms with van der Waals surface area (Å²) in [5.41, 5.74) is 5.11. The van der Waals surface area contributed by atoms with Crippen LogP contribution in [-0.4, -0.2) is 11.7 Å². The van der Waals surface area contributed by atoms with Crippen LogP contribution in [0.3, 0.4) is 0 Å². The molecule has 2 nitrogen and oxygen atoms in total. The van der Waals surface area contributed by atoms with Crippen LogP contribution in [0.2, 0.25) is 0 Å². The molecule has 0 saturated carbocycles. The van der Waals surface area contributed by atoms with E-state index in [1.807, 2.05) is 30.2 Å². The van der Waals surface area contributed by atoms with Crippen LogP contribution in [0.4, 0.5) is 0 Å². The highest BCUT2D eigenvalue weighted by Crippen LogP contribution is 2.35. The van der Waals surface area contributed by atoms with E-state index in [1.165, 1.54) is 0 Å². The van der Waals surface area contributed by atoms with Crippen molar-refractivity contribution in [2.45, 2.75) is 13.8 Å². The highest BCUT2D eigenvalue weighted by Gasteiger charge is 2.23. The Balaban J connectivity index is 2.55. The predicted molar refractivity (Wildman–Crippen MR) is 79.9 cm³/mol.